The summed E-state index contributed by atoms with van der Waals surface area (Å²) in [5.41, 5.74) is 3.90. The Balaban J connectivity index is 1.23. The van der Waals surface area contributed by atoms with Crippen molar-refractivity contribution in [2.75, 3.05) is 31.1 Å². The van der Waals surface area contributed by atoms with Crippen molar-refractivity contribution in [3.05, 3.63) is 47.5 Å². The number of carbonyl (C=O) groups is 1. The van der Waals surface area contributed by atoms with E-state index in [4.69, 9.17) is 29.2 Å². The monoisotopic (exact) mass is 882 g/mol. The van der Waals surface area contributed by atoms with Crippen LogP contribution in [0.25, 0.3) is 32.9 Å². The van der Waals surface area contributed by atoms with Gasteiger partial charge >= 0.3 is 12.1 Å². The van der Waals surface area contributed by atoms with Crippen molar-refractivity contribution in [3.63, 3.8) is 0 Å². The maximum atomic E-state index is 17.9. The number of pyridine rings is 1. The van der Waals surface area contributed by atoms with Crippen LogP contribution in [0.5, 0.6) is 11.9 Å². The molecule has 14 heteroatoms. The number of halogens is 3. The first kappa shape index (κ1) is 43.6. The molecule has 0 spiro atoms. The number of carbonyl (C=O) groups excluding carboxylic acids is 1. The number of alkyl halides is 1. The van der Waals surface area contributed by atoms with E-state index in [1.807, 2.05) is 44.7 Å². The number of amides is 1. The van der Waals surface area contributed by atoms with Crippen LogP contribution in [-0.4, -0.2) is 107 Å². The summed E-state index contributed by atoms with van der Waals surface area (Å²) in [6.07, 6.45) is 1.63. The molecule has 2 aromatic heterocycles. The lowest BCUT2D eigenvalue weighted by Gasteiger charge is -2.48. The molecule has 0 radical (unpaired) electrons. The van der Waals surface area contributed by atoms with Crippen LogP contribution in [0.1, 0.15) is 107 Å². The van der Waals surface area contributed by atoms with Crippen LogP contribution in [0.2, 0.25) is 16.6 Å². The molecule has 4 aromatic rings. The van der Waals surface area contributed by atoms with Gasteiger partial charge in [0.1, 0.15) is 60.8 Å². The number of benzene rings is 2. The van der Waals surface area contributed by atoms with Crippen LogP contribution in [-0.2, 0) is 4.74 Å². The van der Waals surface area contributed by atoms with Crippen molar-refractivity contribution in [3.8, 4) is 34.6 Å². The van der Waals surface area contributed by atoms with Gasteiger partial charge in [-0.1, -0.05) is 71.7 Å². The van der Waals surface area contributed by atoms with E-state index >= 15 is 8.78 Å². The second-order valence-corrected chi connectivity index (χ2v) is 26.2. The van der Waals surface area contributed by atoms with Gasteiger partial charge in [-0.2, -0.15) is 9.97 Å². The number of aromatic nitrogens is 3. The molecular formula is C49H61F3N6O4Si. The number of anilines is 1. The molecule has 2 bridgehead atoms. The summed E-state index contributed by atoms with van der Waals surface area (Å²) in [7, 11) is -2.30. The first-order chi connectivity index (χ1) is 29.8. The van der Waals surface area contributed by atoms with E-state index in [0.29, 0.717) is 70.1 Å². The summed E-state index contributed by atoms with van der Waals surface area (Å²) in [6, 6.07) is 7.61. The predicted molar refractivity (Wildman–Crippen MR) is 243 cm³/mol. The summed E-state index contributed by atoms with van der Waals surface area (Å²) < 4.78 is 68.4. The van der Waals surface area contributed by atoms with Crippen molar-refractivity contribution < 1.29 is 32.2 Å². The van der Waals surface area contributed by atoms with Crippen LogP contribution >= 0.6 is 0 Å². The SMILES string of the molecule is CC(C)[Si](C#Cc1c(F)ccc2cccc(-c3nc4c5c(nc(OC[C@@]67CCCN6C[C@H](F)C7)nc5c3F)N3C[C@H]5CC[C@@H]([C@H]3[C@H](C)O4)N5C(=O)OC(C)(C)C)c12)(C(C)C)C(C)C. The van der Waals surface area contributed by atoms with Gasteiger partial charge in [0.25, 0.3) is 0 Å². The highest BCUT2D eigenvalue weighted by Gasteiger charge is 2.54. The van der Waals surface area contributed by atoms with Crippen LogP contribution < -0.4 is 14.4 Å². The van der Waals surface area contributed by atoms with E-state index in [-0.39, 0.29) is 53.4 Å². The molecule has 0 aliphatic carbocycles. The largest absolute Gasteiger partial charge is 0.472 e. The Labute approximate surface area is 370 Å². The first-order valence-corrected chi connectivity index (χ1v) is 25.2. The zero-order valence-electron chi connectivity index (χ0n) is 38.3. The fourth-order valence-electron chi connectivity index (χ4n) is 12.2. The minimum Gasteiger partial charge on any atom is -0.472 e. The van der Waals surface area contributed by atoms with Gasteiger partial charge in [0.05, 0.1) is 29.2 Å². The third kappa shape index (κ3) is 7.20. The molecule has 4 fully saturated rings. The molecule has 9 rings (SSSR count). The van der Waals surface area contributed by atoms with E-state index in [2.05, 4.69) is 62.8 Å². The quantitative estimate of drug-likeness (QED) is 0.133. The van der Waals surface area contributed by atoms with Gasteiger partial charge in [-0.3, -0.25) is 9.80 Å². The molecule has 6 atom stereocenters. The number of hydrogen-bond donors (Lipinski definition) is 0. The van der Waals surface area contributed by atoms with E-state index in [9.17, 15) is 9.18 Å². The van der Waals surface area contributed by atoms with Gasteiger partial charge in [0.2, 0.25) is 5.88 Å². The fraction of sp³-hybridized carbons (Fsp3) is 0.592. The maximum Gasteiger partial charge on any atom is 0.410 e. The number of piperazine rings is 1. The lowest BCUT2D eigenvalue weighted by Crippen LogP contribution is -2.65. The summed E-state index contributed by atoms with van der Waals surface area (Å²) in [5, 5.41) is 1.44. The zero-order valence-corrected chi connectivity index (χ0v) is 39.3. The fourth-order valence-corrected chi connectivity index (χ4v) is 17.4. The van der Waals surface area contributed by atoms with Crippen molar-refractivity contribution >= 4 is 41.7 Å². The molecule has 0 N–H and O–H groups in total. The van der Waals surface area contributed by atoms with Gasteiger partial charge in [0.15, 0.2) is 5.82 Å². The standard InChI is InChI=1S/C49H61F3N6O4Si/c1-27(2)63(28(3)4,29(5)6)22-19-34-36(51)17-15-31-13-11-14-35(38(31)34)41-40(52)42-39-44(55-46(54-42)60-26-49-20-12-21-56(49)24-32(50)23-49)57-25-33-16-18-37(43(57)30(7)61-45(39)53-41)58(33)47(59)62-48(8,9)10/h11,13-15,17,27-30,32-33,37,43H,12,16,18,20-21,23-26H2,1-10H3/t30-,32+,33+,37-,43+,49-/m0/s1. The highest BCUT2D eigenvalue weighted by Crippen LogP contribution is 2.48. The topological polar surface area (TPSA) is 93.2 Å². The Bertz CT molecular complexity index is 2520. The molecule has 5 aliphatic heterocycles. The molecule has 0 unspecified atom stereocenters. The van der Waals surface area contributed by atoms with Crippen molar-refractivity contribution in [2.24, 2.45) is 0 Å². The molecule has 4 saturated heterocycles. The lowest BCUT2D eigenvalue weighted by molar-refractivity contribution is 0.000934. The van der Waals surface area contributed by atoms with Crippen molar-refractivity contribution in [1.29, 1.82) is 0 Å². The molecule has 2 aromatic carbocycles. The summed E-state index contributed by atoms with van der Waals surface area (Å²) in [4.78, 5) is 34.7. The van der Waals surface area contributed by atoms with E-state index in [1.165, 1.54) is 6.07 Å². The highest BCUT2D eigenvalue weighted by atomic mass is 28.3. The molecule has 1 amide bonds. The second-order valence-electron chi connectivity index (χ2n) is 20.6. The van der Waals surface area contributed by atoms with E-state index in [0.717, 1.165) is 25.8 Å². The molecule has 63 heavy (non-hydrogen) atoms. The Morgan fingerprint density at radius 3 is 2.46 bits per heavy atom. The smallest absolute Gasteiger partial charge is 0.410 e. The van der Waals surface area contributed by atoms with Crippen LogP contribution in [0.4, 0.5) is 23.8 Å². The minimum atomic E-state index is -2.30. The van der Waals surface area contributed by atoms with Gasteiger partial charge in [-0.15, -0.1) is 5.54 Å². The third-order valence-corrected chi connectivity index (χ3v) is 21.1. The Hall–Kier alpha value is -4.61. The molecule has 10 nitrogen and oxygen atoms in total. The average molecular weight is 883 g/mol. The number of rotatable bonds is 7. The van der Waals surface area contributed by atoms with Gasteiger partial charge in [0, 0.05) is 30.5 Å². The molecular weight excluding hydrogens is 822 g/mol. The Morgan fingerprint density at radius 2 is 1.75 bits per heavy atom. The van der Waals surface area contributed by atoms with Crippen LogP contribution in [0.15, 0.2) is 30.3 Å². The molecule has 0 saturated carbocycles. The number of hydrogen-bond acceptors (Lipinski definition) is 9. The highest BCUT2D eigenvalue weighted by molar-refractivity contribution is 6.90. The number of nitrogens with zero attached hydrogens (tertiary/aromatic N) is 6. The summed E-state index contributed by atoms with van der Waals surface area (Å²) >= 11 is 0. The van der Waals surface area contributed by atoms with Gasteiger partial charge < -0.3 is 19.1 Å². The zero-order chi connectivity index (χ0) is 44.9. The van der Waals surface area contributed by atoms with E-state index in [1.54, 1.807) is 12.1 Å². The summed E-state index contributed by atoms with van der Waals surface area (Å²) in [6.45, 7) is 22.5. The van der Waals surface area contributed by atoms with Gasteiger partial charge in [-0.05, 0) is 88.0 Å². The van der Waals surface area contributed by atoms with Gasteiger partial charge in [-0.25, -0.2) is 22.9 Å². The lowest BCUT2D eigenvalue weighted by atomic mass is 9.95. The Morgan fingerprint density at radius 1 is 1.00 bits per heavy atom. The molecule has 5 aliphatic rings. The normalized spacial score (nSPS) is 25.7. The summed E-state index contributed by atoms with van der Waals surface area (Å²) in [5.74, 6) is 2.67. The maximum absolute atomic E-state index is 17.9. The third-order valence-electron chi connectivity index (χ3n) is 14.8. The van der Waals surface area contributed by atoms with E-state index < -0.39 is 49.2 Å². The van der Waals surface area contributed by atoms with Crippen LogP contribution in [0.3, 0.4) is 0 Å². The Kier molecular flexibility index (Phi) is 11.0. The number of fused-ring (bicyclic) bond motifs is 7. The van der Waals surface area contributed by atoms with Crippen LogP contribution in [0, 0.1) is 23.1 Å². The minimum absolute atomic E-state index is 0.0360. The average Bonchev–Trinajstić information content (AvgIpc) is 3.82. The van der Waals surface area contributed by atoms with Crippen molar-refractivity contribution in [1.82, 2.24) is 24.8 Å². The predicted octanol–water partition coefficient (Wildman–Crippen LogP) is 10.4. The molecule has 336 valence electrons. The van der Waals surface area contributed by atoms with Crippen molar-refractivity contribution in [2.45, 2.75) is 160 Å². The number of ether oxygens (including phenoxy) is 3. The molecule has 7 heterocycles. The second kappa shape index (κ2) is 15.8. The first-order valence-electron chi connectivity index (χ1n) is 23.0.